The third kappa shape index (κ3) is 1.13. The van der Waals surface area contributed by atoms with Gasteiger partial charge in [0, 0.05) is 11.1 Å². The van der Waals surface area contributed by atoms with E-state index in [2.05, 4.69) is 22.5 Å². The third-order valence-corrected chi connectivity index (χ3v) is 3.43. The van der Waals surface area contributed by atoms with Gasteiger partial charge in [-0.15, -0.1) is 11.3 Å². The molecule has 1 aromatic rings. The number of allylic oxidation sites excluding steroid dienone is 1. The lowest BCUT2D eigenvalue weighted by atomic mass is 10.1. The molecule has 0 amide bonds. The number of hydrogen-bond acceptors (Lipinski definition) is 3. The molecular formula is C11H9NOS. The zero-order chi connectivity index (χ0) is 9.38. The van der Waals surface area contributed by atoms with E-state index < -0.39 is 0 Å². The van der Waals surface area contributed by atoms with Crippen LogP contribution in [0.4, 0.5) is 0 Å². The van der Waals surface area contributed by atoms with Crippen molar-refractivity contribution in [3.05, 3.63) is 40.3 Å². The molecule has 0 bridgehead atoms. The third-order valence-electron chi connectivity index (χ3n) is 2.42. The highest BCUT2D eigenvalue weighted by atomic mass is 32.1. The molecule has 1 aromatic heterocycles. The summed E-state index contributed by atoms with van der Waals surface area (Å²) in [6, 6.07) is 2.25. The number of dihydropyridines is 1. The molecule has 2 aliphatic rings. The summed E-state index contributed by atoms with van der Waals surface area (Å²) in [6.45, 7) is 0. The Balaban J connectivity index is 2.11. The molecule has 2 aliphatic heterocycles. The Labute approximate surface area is 86.2 Å². The molecule has 3 heteroatoms. The van der Waals surface area contributed by atoms with Crippen LogP contribution in [-0.4, -0.2) is 12.3 Å². The summed E-state index contributed by atoms with van der Waals surface area (Å²) in [5, 5.41) is 2.10. The van der Waals surface area contributed by atoms with Crippen molar-refractivity contribution in [3.8, 4) is 0 Å². The maximum atomic E-state index is 5.57. The first-order valence-electron chi connectivity index (χ1n) is 4.54. The fraction of sp³-hybridized carbons (Fsp3) is 0.182. The minimum absolute atomic E-state index is 0.0659. The van der Waals surface area contributed by atoms with Gasteiger partial charge in [-0.2, -0.15) is 0 Å². The highest BCUT2D eigenvalue weighted by Crippen LogP contribution is 2.35. The van der Waals surface area contributed by atoms with Gasteiger partial charge in [0.2, 0.25) is 0 Å². The lowest BCUT2D eigenvalue weighted by molar-refractivity contribution is 0.165. The van der Waals surface area contributed by atoms with Crippen molar-refractivity contribution in [1.82, 2.24) is 0 Å². The first-order chi connectivity index (χ1) is 6.95. The van der Waals surface area contributed by atoms with Crippen molar-refractivity contribution < 1.29 is 4.74 Å². The summed E-state index contributed by atoms with van der Waals surface area (Å²) >= 11 is 1.75. The van der Waals surface area contributed by atoms with Gasteiger partial charge >= 0.3 is 0 Å². The van der Waals surface area contributed by atoms with Gasteiger partial charge in [-0.05, 0) is 35.2 Å². The molecule has 0 radical (unpaired) electrons. The smallest absolute Gasteiger partial charge is 0.143 e. The molecule has 2 unspecified atom stereocenters. The van der Waals surface area contributed by atoms with E-state index in [1.54, 1.807) is 17.6 Å². The van der Waals surface area contributed by atoms with E-state index in [1.165, 1.54) is 10.4 Å². The van der Waals surface area contributed by atoms with Crippen molar-refractivity contribution in [2.24, 2.45) is 4.99 Å². The SMILES string of the molecule is C1=CC2OC=Cc3ccsc3C2N=C1. The summed E-state index contributed by atoms with van der Waals surface area (Å²) < 4.78 is 5.57. The molecule has 3 heterocycles. The van der Waals surface area contributed by atoms with Crippen molar-refractivity contribution in [3.63, 3.8) is 0 Å². The van der Waals surface area contributed by atoms with Crippen LogP contribution in [0.1, 0.15) is 16.5 Å². The van der Waals surface area contributed by atoms with Crippen LogP contribution in [0.3, 0.4) is 0 Å². The predicted molar refractivity (Wildman–Crippen MR) is 58.6 cm³/mol. The van der Waals surface area contributed by atoms with E-state index in [9.17, 15) is 0 Å². The van der Waals surface area contributed by atoms with Crippen molar-refractivity contribution in [1.29, 1.82) is 0 Å². The van der Waals surface area contributed by atoms with E-state index in [4.69, 9.17) is 4.74 Å². The zero-order valence-electron chi connectivity index (χ0n) is 7.46. The second-order valence-corrected chi connectivity index (χ2v) is 4.22. The maximum Gasteiger partial charge on any atom is 0.143 e. The number of rotatable bonds is 0. The van der Waals surface area contributed by atoms with Gasteiger partial charge in [-0.3, -0.25) is 4.99 Å². The lowest BCUT2D eigenvalue weighted by Gasteiger charge is -2.20. The molecule has 0 spiro atoms. The van der Waals surface area contributed by atoms with Gasteiger partial charge in [-0.1, -0.05) is 0 Å². The average molecular weight is 203 g/mol. The van der Waals surface area contributed by atoms with Crippen LogP contribution in [0.2, 0.25) is 0 Å². The summed E-state index contributed by atoms with van der Waals surface area (Å²) in [5.41, 5.74) is 1.23. The highest BCUT2D eigenvalue weighted by Gasteiger charge is 2.27. The molecular weight excluding hydrogens is 194 g/mol. The van der Waals surface area contributed by atoms with E-state index in [-0.39, 0.29) is 12.1 Å². The van der Waals surface area contributed by atoms with E-state index in [0.717, 1.165) is 0 Å². The number of hydrogen-bond donors (Lipinski definition) is 0. The Hall–Kier alpha value is -1.35. The second-order valence-electron chi connectivity index (χ2n) is 3.27. The summed E-state index contributed by atoms with van der Waals surface area (Å²) in [5.74, 6) is 0. The molecule has 0 fully saturated rings. The van der Waals surface area contributed by atoms with Crippen molar-refractivity contribution in [2.75, 3.05) is 0 Å². The number of aliphatic imine (C=N–C) groups is 1. The summed E-state index contributed by atoms with van der Waals surface area (Å²) in [6.07, 6.45) is 9.68. The fourth-order valence-electron chi connectivity index (χ4n) is 1.74. The standard InChI is InChI=1S/C11H9NOS/c1-2-9-10(12-5-1)11-8(3-6-13-9)4-7-14-11/h1-7,9-10H. The number of nitrogens with zero attached hydrogens (tertiary/aromatic N) is 1. The topological polar surface area (TPSA) is 21.6 Å². The first kappa shape index (κ1) is 8.00. The normalized spacial score (nSPS) is 27.7. The molecule has 0 saturated heterocycles. The van der Waals surface area contributed by atoms with Crippen LogP contribution >= 0.6 is 11.3 Å². The Morgan fingerprint density at radius 3 is 3.43 bits per heavy atom. The van der Waals surface area contributed by atoms with Crippen LogP contribution in [-0.2, 0) is 4.74 Å². The van der Waals surface area contributed by atoms with Gasteiger partial charge in [0.1, 0.15) is 12.1 Å². The van der Waals surface area contributed by atoms with E-state index in [0.29, 0.717) is 0 Å². The van der Waals surface area contributed by atoms with Crippen LogP contribution in [0.25, 0.3) is 6.08 Å². The Kier molecular flexibility index (Phi) is 1.77. The molecule has 0 aliphatic carbocycles. The minimum atomic E-state index is 0.0659. The molecule has 3 rings (SSSR count). The van der Waals surface area contributed by atoms with Gasteiger partial charge in [0.05, 0.1) is 6.26 Å². The monoisotopic (exact) mass is 203 g/mol. The zero-order valence-corrected chi connectivity index (χ0v) is 8.28. The van der Waals surface area contributed by atoms with Crippen LogP contribution < -0.4 is 0 Å². The lowest BCUT2D eigenvalue weighted by Crippen LogP contribution is -2.17. The molecule has 70 valence electrons. The largest absolute Gasteiger partial charge is 0.491 e. The number of ether oxygens (including phenoxy) is 1. The van der Waals surface area contributed by atoms with Crippen molar-refractivity contribution in [2.45, 2.75) is 12.1 Å². The number of fused-ring (bicyclic) bond motifs is 3. The summed E-state index contributed by atoms with van der Waals surface area (Å²) in [7, 11) is 0. The highest BCUT2D eigenvalue weighted by molar-refractivity contribution is 7.10. The maximum absolute atomic E-state index is 5.57. The molecule has 0 N–H and O–H groups in total. The van der Waals surface area contributed by atoms with Gasteiger partial charge in [0.15, 0.2) is 0 Å². The second kappa shape index (κ2) is 3.10. The average Bonchev–Trinajstić information content (AvgIpc) is 2.61. The molecule has 2 nitrogen and oxygen atoms in total. The Bertz CT molecular complexity index is 430. The van der Waals surface area contributed by atoms with E-state index >= 15 is 0 Å². The number of thiophene rings is 1. The van der Waals surface area contributed by atoms with Crippen LogP contribution in [0.5, 0.6) is 0 Å². The van der Waals surface area contributed by atoms with Crippen molar-refractivity contribution >= 4 is 23.6 Å². The van der Waals surface area contributed by atoms with E-state index in [1.807, 2.05) is 18.4 Å². The molecule has 14 heavy (non-hydrogen) atoms. The Morgan fingerprint density at radius 2 is 2.43 bits per heavy atom. The minimum Gasteiger partial charge on any atom is -0.491 e. The van der Waals surface area contributed by atoms with Gasteiger partial charge in [-0.25, -0.2) is 0 Å². The molecule has 0 saturated carbocycles. The quantitative estimate of drug-likeness (QED) is 0.635. The molecule has 0 aromatic carbocycles. The van der Waals surface area contributed by atoms with Gasteiger partial charge < -0.3 is 4.74 Å². The Morgan fingerprint density at radius 1 is 1.43 bits per heavy atom. The molecule has 2 atom stereocenters. The fourth-order valence-corrected chi connectivity index (χ4v) is 2.71. The predicted octanol–water partition coefficient (Wildman–Crippen LogP) is 2.80. The summed E-state index contributed by atoms with van der Waals surface area (Å²) in [4.78, 5) is 5.75. The first-order valence-corrected chi connectivity index (χ1v) is 5.42. The van der Waals surface area contributed by atoms with Crippen LogP contribution in [0.15, 0.2) is 34.9 Å². The van der Waals surface area contributed by atoms with Gasteiger partial charge in [0.25, 0.3) is 0 Å². The van der Waals surface area contributed by atoms with Crippen LogP contribution in [0, 0.1) is 0 Å².